The molecule has 0 amide bonds. The van der Waals surface area contributed by atoms with Crippen molar-refractivity contribution in [3.05, 3.63) is 0 Å². The van der Waals surface area contributed by atoms with Crippen LogP contribution in [0.2, 0.25) is 0 Å². The van der Waals surface area contributed by atoms with Gasteiger partial charge in [0.15, 0.2) is 5.10 Å². The molecule has 1 aliphatic heterocycles. The predicted octanol–water partition coefficient (Wildman–Crippen LogP) is -0.218. The molecule has 0 fully saturated rings. The smallest absolute Gasteiger partial charge is 0.0589 e. The van der Waals surface area contributed by atoms with E-state index in [9.17, 15) is 0 Å². The van der Waals surface area contributed by atoms with Gasteiger partial charge in [0, 0.05) is 0 Å². The average Bonchev–Trinajstić information content (AvgIpc) is 1.76. The average molecular weight is 68.1 g/mol. The van der Waals surface area contributed by atoms with E-state index in [-0.39, 0.29) is 0 Å². The predicted molar refractivity (Wildman–Crippen MR) is 21.3 cm³/mol. The molecule has 0 saturated heterocycles. The van der Waals surface area contributed by atoms with E-state index < -0.39 is 0 Å². The Hall–Kier alpha value is -0.660. The van der Waals surface area contributed by atoms with Crippen molar-refractivity contribution in [2.75, 3.05) is 0 Å². The fraction of sp³-hybridized carbons (Fsp3) is 0.333. The Bertz CT molecular complexity index is 63.0. The molecule has 5 heavy (non-hydrogen) atoms. The minimum absolute atomic E-state index is 0.917. The number of hydrogen-bond acceptors (Lipinski definition) is 2. The Kier molecular flexibility index (Phi) is 0.499. The normalized spacial score (nSPS) is 17.6. The molecule has 1 aliphatic rings. The van der Waals surface area contributed by atoms with Crippen LogP contribution in [0.3, 0.4) is 0 Å². The lowest BCUT2D eigenvalue weighted by atomic mass is 10.5. The summed E-state index contributed by atoms with van der Waals surface area (Å²) in [6, 6.07) is 0. The summed E-state index contributed by atoms with van der Waals surface area (Å²) in [5.41, 5.74) is 0. The van der Waals surface area contributed by atoms with Gasteiger partial charge in [-0.15, -0.1) is 0 Å². The van der Waals surface area contributed by atoms with Crippen molar-refractivity contribution < 1.29 is 0 Å². The van der Waals surface area contributed by atoms with Crippen LogP contribution in [0.25, 0.3) is 0 Å². The number of hydrogen-bond donors (Lipinski definition) is 0. The lowest BCUT2D eigenvalue weighted by Gasteiger charge is -1.40. The summed E-state index contributed by atoms with van der Waals surface area (Å²) in [5, 5.41) is 7.06. The van der Waals surface area contributed by atoms with Crippen LogP contribution in [-0.4, -0.2) is 12.4 Å². The van der Waals surface area contributed by atoms with Crippen LogP contribution >= 0.6 is 0 Å². The van der Waals surface area contributed by atoms with Gasteiger partial charge in [0.1, 0.15) is 0 Å². The Morgan fingerprint density at radius 3 is 3.00 bits per heavy atom. The highest BCUT2D eigenvalue weighted by atomic mass is 15.2. The zero-order valence-electron chi connectivity index (χ0n) is 2.76. The lowest BCUT2D eigenvalue weighted by Crippen LogP contribution is -1.66. The van der Waals surface area contributed by atoms with E-state index >= 15 is 0 Å². The molecule has 1 radical (unpaired) electrons. The zero-order valence-corrected chi connectivity index (χ0v) is 2.76. The molecule has 0 aromatic rings. The minimum Gasteiger partial charge on any atom is 0.0589 e. The second-order valence-electron chi connectivity index (χ2n) is 0.832. The van der Waals surface area contributed by atoms with E-state index in [1.165, 1.54) is 0 Å². The van der Waals surface area contributed by atoms with Gasteiger partial charge in [-0.3, -0.25) is 0 Å². The van der Waals surface area contributed by atoms with Crippen LogP contribution in [0.4, 0.5) is 0 Å². The molecule has 0 N–H and O–H groups in total. The van der Waals surface area contributed by atoms with Crippen molar-refractivity contribution in [2.45, 2.75) is 6.42 Å². The maximum Gasteiger partial charge on any atom is 0.260 e. The summed E-state index contributed by atoms with van der Waals surface area (Å²) in [7, 11) is 0. The van der Waals surface area contributed by atoms with Crippen molar-refractivity contribution in [2.24, 2.45) is 5.10 Å². The van der Waals surface area contributed by atoms with Gasteiger partial charge in [-0.1, -0.05) is 0 Å². The highest BCUT2D eigenvalue weighted by molar-refractivity contribution is 5.81. The fourth-order valence-electron chi connectivity index (χ4n) is 0.236. The summed E-state index contributed by atoms with van der Waals surface area (Å²) < 4.78 is 0. The lowest BCUT2D eigenvalue weighted by molar-refractivity contribution is 1.14. The Morgan fingerprint density at radius 2 is 2.80 bits per heavy atom. The fourth-order valence-corrected chi connectivity index (χ4v) is 0.236. The van der Waals surface area contributed by atoms with Gasteiger partial charge in [-0.25, -0.2) is 0 Å². The zero-order chi connectivity index (χ0) is 3.54. The highest BCUT2D eigenvalue weighted by Gasteiger charge is 1.91. The first-order valence-corrected chi connectivity index (χ1v) is 1.53. The molecule has 0 atom stereocenters. The van der Waals surface area contributed by atoms with Gasteiger partial charge >= 0.3 is 0 Å². The molecule has 0 saturated carbocycles. The van der Waals surface area contributed by atoms with Crippen molar-refractivity contribution in [3.63, 3.8) is 0 Å². The Balaban J connectivity index is 2.61. The molecule has 2 heteroatoms. The molecule has 1 heterocycles. The summed E-state index contributed by atoms with van der Waals surface area (Å²) in [4.78, 5) is 0. The summed E-state index contributed by atoms with van der Waals surface area (Å²) in [5.74, 6) is 0. The molecule has 1 rings (SSSR count). The Labute approximate surface area is 30.2 Å². The highest BCUT2D eigenvalue weighted by Crippen LogP contribution is 1.67. The van der Waals surface area contributed by atoms with Crippen LogP contribution in [0.5, 0.6) is 0 Å². The van der Waals surface area contributed by atoms with Gasteiger partial charge in [0.05, 0.1) is 17.7 Å². The molecule has 0 spiro atoms. The van der Waals surface area contributed by atoms with Gasteiger partial charge in [0.25, 0.3) is 6.21 Å². The van der Waals surface area contributed by atoms with E-state index in [2.05, 4.69) is 10.2 Å². The van der Waals surface area contributed by atoms with Gasteiger partial charge < -0.3 is 0 Å². The molecular weight excluding hydrogens is 64.0 g/mol. The Morgan fingerprint density at radius 1 is 1.80 bits per heavy atom. The molecule has 2 nitrogen and oxygen atoms in total. The van der Waals surface area contributed by atoms with Crippen molar-refractivity contribution >= 4 is 12.4 Å². The quantitative estimate of drug-likeness (QED) is 0.375. The number of nitrogens with zero attached hydrogens (tertiary/aromatic N) is 2. The second-order valence-corrected chi connectivity index (χ2v) is 0.832. The minimum atomic E-state index is 0.917. The second kappa shape index (κ2) is 0.971. The van der Waals surface area contributed by atoms with Crippen molar-refractivity contribution in [1.29, 1.82) is 0 Å². The summed E-state index contributed by atoms with van der Waals surface area (Å²) in [6.45, 7) is 0. The molecule has 0 unspecified atom stereocenters. The first-order chi connectivity index (χ1) is 2.50. The van der Waals surface area contributed by atoms with Crippen LogP contribution in [0, 0.1) is 0 Å². The monoisotopic (exact) mass is 68.0 g/mol. The molecule has 0 aliphatic carbocycles. The van der Waals surface area contributed by atoms with Gasteiger partial charge in [-0.2, -0.15) is 0 Å². The molecule has 0 bridgehead atoms. The van der Waals surface area contributed by atoms with E-state index in [0.29, 0.717) is 0 Å². The first kappa shape index (κ1) is 2.57. The number of rotatable bonds is 0. The molecule has 25 valence electrons. The third-order valence-corrected chi connectivity index (χ3v) is 0.441. The molecular formula is C3H4N2+. The van der Waals surface area contributed by atoms with Gasteiger partial charge in [-0.05, 0) is 0 Å². The van der Waals surface area contributed by atoms with Crippen LogP contribution in [0.15, 0.2) is 5.10 Å². The maximum atomic E-state index is 3.53. The van der Waals surface area contributed by atoms with E-state index in [0.717, 1.165) is 6.42 Å². The van der Waals surface area contributed by atoms with E-state index in [4.69, 9.17) is 0 Å². The van der Waals surface area contributed by atoms with Crippen LogP contribution in [0.1, 0.15) is 6.42 Å². The van der Waals surface area contributed by atoms with E-state index in [1.54, 1.807) is 12.4 Å². The van der Waals surface area contributed by atoms with Gasteiger partial charge in [0.2, 0.25) is 0 Å². The standard InChI is InChI=1S/C3H4N2/c1-2-4-5-3-1/h2-3H,1H2/q+1. The van der Waals surface area contributed by atoms with Crippen molar-refractivity contribution in [1.82, 2.24) is 5.10 Å². The SMILES string of the molecule is C1=N[N+]=CC1. The molecule has 0 aromatic carbocycles. The topological polar surface area (TPSA) is 26.5 Å². The van der Waals surface area contributed by atoms with Crippen LogP contribution < -0.4 is 5.10 Å². The van der Waals surface area contributed by atoms with Crippen molar-refractivity contribution in [3.8, 4) is 0 Å². The maximum absolute atomic E-state index is 3.53. The van der Waals surface area contributed by atoms with E-state index in [1.807, 2.05) is 0 Å². The largest absolute Gasteiger partial charge is 0.260 e. The summed E-state index contributed by atoms with van der Waals surface area (Å²) in [6.07, 6.45) is 4.44. The third kappa shape index (κ3) is 0.318. The van der Waals surface area contributed by atoms with Crippen LogP contribution in [-0.2, 0) is 0 Å². The third-order valence-electron chi connectivity index (χ3n) is 0.441. The first-order valence-electron chi connectivity index (χ1n) is 1.53. The molecule has 0 aromatic heterocycles. The summed E-state index contributed by atoms with van der Waals surface area (Å²) >= 11 is 0.